The number of aryl methyl sites for hydroxylation is 1. The number of thioether (sulfide) groups is 1. The molecule has 13 heteroatoms. The van der Waals surface area contributed by atoms with Crippen LogP contribution in [0.25, 0.3) is 0 Å². The number of aromatic nitrogens is 5. The van der Waals surface area contributed by atoms with Crippen LogP contribution < -0.4 is 4.74 Å². The van der Waals surface area contributed by atoms with Crippen molar-refractivity contribution in [3.05, 3.63) is 56.7 Å². The summed E-state index contributed by atoms with van der Waals surface area (Å²) >= 11 is 1.14. The third-order valence-electron chi connectivity index (χ3n) is 4.49. The maximum atomic E-state index is 13.2. The molecule has 0 aliphatic rings. The van der Waals surface area contributed by atoms with Crippen LogP contribution >= 0.6 is 11.8 Å². The largest absolute Gasteiger partial charge is 0.496 e. The highest BCUT2D eigenvalue weighted by Crippen LogP contribution is 2.26. The van der Waals surface area contributed by atoms with Crippen LogP contribution in [0.5, 0.6) is 5.75 Å². The number of benzene rings is 1. The molecule has 0 N–H and O–H groups in total. The zero-order chi connectivity index (χ0) is 22.7. The predicted octanol–water partition coefficient (Wildman–Crippen LogP) is 3.60. The Bertz CT molecular complexity index is 1140. The maximum Gasteiger partial charge on any atom is 0.312 e. The maximum absolute atomic E-state index is 13.2. The van der Waals surface area contributed by atoms with E-state index in [1.54, 1.807) is 38.3 Å². The normalized spacial score (nSPS) is 11.6. The van der Waals surface area contributed by atoms with Crippen molar-refractivity contribution in [3.63, 3.8) is 0 Å². The van der Waals surface area contributed by atoms with Crippen LogP contribution in [0.1, 0.15) is 34.8 Å². The Morgan fingerprint density at radius 2 is 2.10 bits per heavy atom. The summed E-state index contributed by atoms with van der Waals surface area (Å²) in [6.07, 6.45) is 0.269. The van der Waals surface area contributed by atoms with E-state index < -0.39 is 17.2 Å². The van der Waals surface area contributed by atoms with Crippen LogP contribution in [0.2, 0.25) is 0 Å². The van der Waals surface area contributed by atoms with Gasteiger partial charge < -0.3 is 4.74 Å². The lowest BCUT2D eigenvalue weighted by atomic mass is 10.1. The summed E-state index contributed by atoms with van der Waals surface area (Å²) in [6, 6.07) is 5.16. The average molecular weight is 451 g/mol. The van der Waals surface area contributed by atoms with E-state index in [2.05, 4.69) is 20.4 Å². The van der Waals surface area contributed by atoms with Crippen LogP contribution in [0.4, 0.5) is 14.5 Å². The number of rotatable bonds is 8. The Morgan fingerprint density at radius 1 is 1.35 bits per heavy atom. The number of alkyl halides is 2. The first-order valence-electron chi connectivity index (χ1n) is 8.93. The lowest BCUT2D eigenvalue weighted by molar-refractivity contribution is -0.386. The minimum Gasteiger partial charge on any atom is -0.496 e. The molecular formula is C18H19F2N7O3S. The fraction of sp³-hybridized carbons (Fsp3) is 0.333. The molecule has 164 valence electrons. The fourth-order valence-corrected chi connectivity index (χ4v) is 3.48. The zero-order valence-electron chi connectivity index (χ0n) is 17.1. The van der Waals surface area contributed by atoms with Crippen LogP contribution in [-0.2, 0) is 6.54 Å². The van der Waals surface area contributed by atoms with Gasteiger partial charge in [0, 0.05) is 5.56 Å². The van der Waals surface area contributed by atoms with Gasteiger partial charge in [0.15, 0.2) is 0 Å². The molecule has 3 rings (SSSR count). The quantitative estimate of drug-likeness (QED) is 0.222. The van der Waals surface area contributed by atoms with Crippen molar-refractivity contribution >= 4 is 23.7 Å². The Kier molecular flexibility index (Phi) is 6.63. The second kappa shape index (κ2) is 9.20. The van der Waals surface area contributed by atoms with Gasteiger partial charge in [0.1, 0.15) is 17.1 Å². The molecular weight excluding hydrogens is 432 g/mol. The molecule has 0 bridgehead atoms. The molecule has 0 spiro atoms. The Labute approximate surface area is 180 Å². The molecule has 2 aromatic heterocycles. The highest BCUT2D eigenvalue weighted by Gasteiger charge is 2.22. The zero-order valence-corrected chi connectivity index (χ0v) is 17.9. The molecule has 1 aromatic carbocycles. The fourth-order valence-electron chi connectivity index (χ4n) is 3.04. The van der Waals surface area contributed by atoms with E-state index in [0.717, 1.165) is 16.4 Å². The molecule has 0 radical (unpaired) electrons. The number of hydrogen-bond donors (Lipinski definition) is 0. The predicted molar refractivity (Wildman–Crippen MR) is 110 cm³/mol. The van der Waals surface area contributed by atoms with Crippen LogP contribution in [0.3, 0.4) is 0 Å². The monoisotopic (exact) mass is 451 g/mol. The summed E-state index contributed by atoms with van der Waals surface area (Å²) in [6.45, 7) is 3.42. The van der Waals surface area contributed by atoms with Gasteiger partial charge in [-0.25, -0.2) is 8.78 Å². The van der Waals surface area contributed by atoms with Gasteiger partial charge in [-0.2, -0.15) is 14.9 Å². The SMILES string of the molecule is COc1ccc(C=Nn2c(SC)nnc2C(F)F)cc1Cn1nc(C)c([N+](=O)[O-])c1C. The minimum atomic E-state index is -2.82. The third-order valence-corrected chi connectivity index (χ3v) is 5.11. The number of nitro groups is 1. The topological polar surface area (TPSA) is 113 Å². The Balaban J connectivity index is 1.96. The minimum absolute atomic E-state index is 0.0339. The van der Waals surface area contributed by atoms with E-state index in [1.807, 2.05) is 0 Å². The first-order valence-corrected chi connectivity index (χ1v) is 10.2. The molecule has 0 unspecified atom stereocenters. The molecule has 10 nitrogen and oxygen atoms in total. The van der Waals surface area contributed by atoms with Crippen molar-refractivity contribution < 1.29 is 18.4 Å². The molecule has 0 saturated heterocycles. The lowest BCUT2D eigenvalue weighted by Gasteiger charge is -2.10. The van der Waals surface area contributed by atoms with E-state index in [4.69, 9.17) is 4.74 Å². The smallest absolute Gasteiger partial charge is 0.312 e. The Hall–Kier alpha value is -3.35. The van der Waals surface area contributed by atoms with Crippen molar-refractivity contribution in [2.75, 3.05) is 13.4 Å². The Morgan fingerprint density at radius 3 is 2.68 bits per heavy atom. The molecule has 0 saturated carbocycles. The van der Waals surface area contributed by atoms with Gasteiger partial charge in [-0.3, -0.25) is 14.8 Å². The molecule has 0 amide bonds. The summed E-state index contributed by atoms with van der Waals surface area (Å²) in [5, 5.41) is 27.0. The van der Waals surface area contributed by atoms with E-state index in [-0.39, 0.29) is 17.4 Å². The van der Waals surface area contributed by atoms with Crippen molar-refractivity contribution in [3.8, 4) is 5.75 Å². The van der Waals surface area contributed by atoms with Gasteiger partial charge in [-0.05, 0) is 43.9 Å². The highest BCUT2D eigenvalue weighted by molar-refractivity contribution is 7.98. The van der Waals surface area contributed by atoms with Crippen molar-refractivity contribution in [2.24, 2.45) is 5.10 Å². The summed E-state index contributed by atoms with van der Waals surface area (Å²) in [4.78, 5) is 10.8. The van der Waals surface area contributed by atoms with Gasteiger partial charge in [0.25, 0.3) is 6.43 Å². The summed E-state index contributed by atoms with van der Waals surface area (Å²) in [5.41, 5.74) is 1.99. The molecule has 0 aliphatic heterocycles. The van der Waals surface area contributed by atoms with E-state index in [0.29, 0.717) is 28.3 Å². The second-order valence-electron chi connectivity index (χ2n) is 6.41. The highest BCUT2D eigenvalue weighted by atomic mass is 32.2. The van der Waals surface area contributed by atoms with Crippen molar-refractivity contribution in [2.45, 2.75) is 32.0 Å². The van der Waals surface area contributed by atoms with E-state index in [9.17, 15) is 18.9 Å². The number of nitrogens with zero attached hydrogens (tertiary/aromatic N) is 7. The number of hydrogen-bond acceptors (Lipinski definition) is 8. The number of halogens is 2. The van der Waals surface area contributed by atoms with E-state index >= 15 is 0 Å². The van der Waals surface area contributed by atoms with Gasteiger partial charge in [-0.1, -0.05) is 11.8 Å². The second-order valence-corrected chi connectivity index (χ2v) is 7.18. The molecule has 2 heterocycles. The van der Waals surface area contributed by atoms with Crippen LogP contribution in [-0.4, -0.2) is 49.2 Å². The van der Waals surface area contributed by atoms with Crippen molar-refractivity contribution in [1.29, 1.82) is 0 Å². The lowest BCUT2D eigenvalue weighted by Crippen LogP contribution is -2.07. The number of ether oxygens (including phenoxy) is 1. The van der Waals surface area contributed by atoms with E-state index in [1.165, 1.54) is 18.0 Å². The van der Waals surface area contributed by atoms with Gasteiger partial charge in [0.05, 0.1) is 24.8 Å². The molecule has 3 aromatic rings. The van der Waals surface area contributed by atoms with Gasteiger partial charge >= 0.3 is 5.69 Å². The number of methoxy groups -OCH3 is 1. The molecule has 0 atom stereocenters. The summed E-state index contributed by atoms with van der Waals surface area (Å²) in [7, 11) is 1.51. The summed E-state index contributed by atoms with van der Waals surface area (Å²) in [5.74, 6) is -0.000915. The first-order chi connectivity index (χ1) is 14.8. The molecule has 31 heavy (non-hydrogen) atoms. The molecule has 0 aliphatic carbocycles. The standard InChI is InChI=1S/C18H19F2N7O3S/c1-10-15(27(28)29)11(2)25(24-10)9-13-7-12(5-6-14(13)30-3)8-21-26-17(16(19)20)22-23-18(26)31-4/h5-8,16H,9H2,1-4H3. The third kappa shape index (κ3) is 4.55. The molecule has 0 fully saturated rings. The van der Waals surface area contributed by atoms with Crippen LogP contribution in [0.15, 0.2) is 28.5 Å². The van der Waals surface area contributed by atoms with Gasteiger partial charge in [-0.15, -0.1) is 10.2 Å². The first kappa shape index (κ1) is 22.3. The average Bonchev–Trinajstić information content (AvgIpc) is 3.26. The summed E-state index contributed by atoms with van der Waals surface area (Å²) < 4.78 is 34.2. The van der Waals surface area contributed by atoms with Gasteiger partial charge in [0.2, 0.25) is 11.0 Å². The van der Waals surface area contributed by atoms with Crippen molar-refractivity contribution in [1.82, 2.24) is 24.7 Å². The van der Waals surface area contributed by atoms with Crippen LogP contribution in [0, 0.1) is 24.0 Å².